The lowest BCUT2D eigenvalue weighted by atomic mass is 10.1. The molecule has 0 radical (unpaired) electrons. The SMILES string of the molecule is CCOC(=O)N1CCC(n2c(SCc3cc(=O)n4cc(Br)ccc4n3)nc3ccsc3c2=O)CC1. The van der Waals surface area contributed by atoms with Crippen LogP contribution in [0.5, 0.6) is 0 Å². The topological polar surface area (TPSA) is 98.8 Å². The summed E-state index contributed by atoms with van der Waals surface area (Å²) in [6, 6.07) is 6.89. The Hall–Kier alpha value is -2.70. The lowest BCUT2D eigenvalue weighted by molar-refractivity contribution is 0.0915. The fraction of sp³-hybridized carbons (Fsp3) is 0.348. The van der Waals surface area contributed by atoms with Crippen LogP contribution in [0, 0.1) is 0 Å². The number of rotatable bonds is 5. The minimum absolute atomic E-state index is 0.0709. The number of thiophene rings is 1. The second kappa shape index (κ2) is 10.1. The van der Waals surface area contributed by atoms with Crippen LogP contribution in [0.2, 0.25) is 0 Å². The number of thioether (sulfide) groups is 1. The summed E-state index contributed by atoms with van der Waals surface area (Å²) in [5, 5.41) is 2.46. The maximum absolute atomic E-state index is 13.4. The number of nitrogens with zero attached hydrogens (tertiary/aromatic N) is 5. The summed E-state index contributed by atoms with van der Waals surface area (Å²) in [6.45, 7) is 3.15. The maximum atomic E-state index is 13.4. The molecule has 0 spiro atoms. The van der Waals surface area contributed by atoms with Crippen LogP contribution >= 0.6 is 39.0 Å². The van der Waals surface area contributed by atoms with Crippen LogP contribution < -0.4 is 11.1 Å². The molecule has 1 saturated heterocycles. The van der Waals surface area contributed by atoms with Gasteiger partial charge in [0.1, 0.15) is 10.3 Å². The number of piperidine rings is 1. The lowest BCUT2D eigenvalue weighted by Gasteiger charge is -2.32. The Kier molecular flexibility index (Phi) is 6.94. The molecule has 0 atom stereocenters. The molecule has 5 rings (SSSR count). The first kappa shape index (κ1) is 24.0. The van der Waals surface area contributed by atoms with Gasteiger partial charge in [-0.3, -0.25) is 18.6 Å². The van der Waals surface area contributed by atoms with Crippen molar-refractivity contribution in [3.63, 3.8) is 0 Å². The minimum atomic E-state index is -0.319. The number of carbonyl (C=O) groups excluding carboxylic acids is 1. The molecule has 1 fully saturated rings. The highest BCUT2D eigenvalue weighted by molar-refractivity contribution is 9.10. The quantitative estimate of drug-likeness (QED) is 0.258. The molecule has 0 bridgehead atoms. The summed E-state index contributed by atoms with van der Waals surface area (Å²) < 4.78 is 9.78. The van der Waals surface area contributed by atoms with Gasteiger partial charge in [-0.2, -0.15) is 0 Å². The van der Waals surface area contributed by atoms with E-state index in [1.54, 1.807) is 28.7 Å². The van der Waals surface area contributed by atoms with Gasteiger partial charge in [-0.1, -0.05) is 11.8 Å². The summed E-state index contributed by atoms with van der Waals surface area (Å²) in [4.78, 5) is 49.2. The van der Waals surface area contributed by atoms with Crippen molar-refractivity contribution in [3.05, 3.63) is 66.7 Å². The van der Waals surface area contributed by atoms with Crippen molar-refractivity contribution in [1.82, 2.24) is 23.8 Å². The highest BCUT2D eigenvalue weighted by atomic mass is 79.9. The fourth-order valence-electron chi connectivity index (χ4n) is 4.19. The summed E-state index contributed by atoms with van der Waals surface area (Å²) in [5.74, 6) is 0.394. The van der Waals surface area contributed by atoms with E-state index in [0.29, 0.717) is 65.0 Å². The number of hydrogen-bond donors (Lipinski definition) is 0. The molecule has 12 heteroatoms. The van der Waals surface area contributed by atoms with Crippen molar-refractivity contribution in [1.29, 1.82) is 0 Å². The third-order valence-corrected chi connectivity index (χ3v) is 8.21. The molecule has 9 nitrogen and oxygen atoms in total. The Balaban J connectivity index is 1.43. The molecule has 5 heterocycles. The Labute approximate surface area is 216 Å². The Bertz CT molecular complexity index is 1520. The van der Waals surface area contributed by atoms with Gasteiger partial charge < -0.3 is 9.64 Å². The van der Waals surface area contributed by atoms with Crippen LogP contribution in [0.4, 0.5) is 4.79 Å². The molecule has 182 valence electrons. The van der Waals surface area contributed by atoms with E-state index in [1.807, 2.05) is 17.5 Å². The molecule has 0 saturated carbocycles. The molecule has 35 heavy (non-hydrogen) atoms. The smallest absolute Gasteiger partial charge is 0.409 e. The van der Waals surface area contributed by atoms with E-state index < -0.39 is 0 Å². The van der Waals surface area contributed by atoms with Crippen molar-refractivity contribution in [2.75, 3.05) is 19.7 Å². The van der Waals surface area contributed by atoms with Gasteiger partial charge in [0.15, 0.2) is 5.16 Å². The minimum Gasteiger partial charge on any atom is -0.450 e. The first-order valence-electron chi connectivity index (χ1n) is 11.2. The van der Waals surface area contributed by atoms with Crippen molar-refractivity contribution >= 4 is 61.0 Å². The molecule has 0 unspecified atom stereocenters. The zero-order valence-corrected chi connectivity index (χ0v) is 22.1. The number of pyridine rings is 1. The summed E-state index contributed by atoms with van der Waals surface area (Å²) in [7, 11) is 0. The monoisotopic (exact) mass is 575 g/mol. The average molecular weight is 576 g/mol. The lowest BCUT2D eigenvalue weighted by Crippen LogP contribution is -2.41. The van der Waals surface area contributed by atoms with Gasteiger partial charge in [0, 0.05) is 41.6 Å². The van der Waals surface area contributed by atoms with Gasteiger partial charge in [-0.05, 0) is 59.3 Å². The van der Waals surface area contributed by atoms with Crippen LogP contribution in [-0.2, 0) is 10.5 Å². The average Bonchev–Trinajstić information content (AvgIpc) is 3.33. The number of likely N-dealkylation sites (tertiary alicyclic amines) is 1. The van der Waals surface area contributed by atoms with E-state index in [4.69, 9.17) is 9.72 Å². The number of aromatic nitrogens is 4. The number of amides is 1. The Morgan fingerprint density at radius 2 is 2.03 bits per heavy atom. The zero-order chi connectivity index (χ0) is 24.5. The van der Waals surface area contributed by atoms with E-state index in [-0.39, 0.29) is 23.3 Å². The van der Waals surface area contributed by atoms with Crippen LogP contribution in [0.15, 0.2) is 55.1 Å². The van der Waals surface area contributed by atoms with Gasteiger partial charge in [0.25, 0.3) is 11.1 Å². The highest BCUT2D eigenvalue weighted by Gasteiger charge is 2.28. The van der Waals surface area contributed by atoms with Crippen LogP contribution in [0.25, 0.3) is 15.9 Å². The normalized spacial score (nSPS) is 14.6. The first-order valence-corrected chi connectivity index (χ1v) is 13.8. The third-order valence-electron chi connectivity index (χ3n) is 5.86. The van der Waals surface area contributed by atoms with Gasteiger partial charge in [-0.15, -0.1) is 11.3 Å². The summed E-state index contributed by atoms with van der Waals surface area (Å²) in [6.07, 6.45) is 2.64. The second-order valence-electron chi connectivity index (χ2n) is 8.07. The molecule has 4 aromatic rings. The Morgan fingerprint density at radius 3 is 2.80 bits per heavy atom. The molecule has 0 aromatic carbocycles. The van der Waals surface area contributed by atoms with E-state index in [0.717, 1.165) is 4.47 Å². The van der Waals surface area contributed by atoms with Crippen molar-refractivity contribution < 1.29 is 9.53 Å². The third kappa shape index (κ3) is 4.87. The van der Waals surface area contributed by atoms with Crippen LogP contribution in [0.1, 0.15) is 31.5 Å². The number of hydrogen-bond acceptors (Lipinski definition) is 8. The van der Waals surface area contributed by atoms with Gasteiger partial charge in [0.05, 0.1) is 17.8 Å². The van der Waals surface area contributed by atoms with Crippen molar-refractivity contribution in [3.8, 4) is 0 Å². The van der Waals surface area contributed by atoms with E-state index in [9.17, 15) is 14.4 Å². The first-order chi connectivity index (χ1) is 16.9. The standard InChI is InChI=1S/C23H22BrN5O4S2/c1-2-33-23(32)27-8-5-16(6-9-27)29-21(31)20-17(7-10-34-20)26-22(29)35-13-15-11-19(30)28-12-14(24)3-4-18(28)25-15/h3-4,7,10-12,16H,2,5-6,8-9,13H2,1H3. The molecule has 1 amide bonds. The fourth-order valence-corrected chi connectivity index (χ4v) is 6.25. The second-order valence-corrected chi connectivity index (χ2v) is 10.8. The maximum Gasteiger partial charge on any atom is 0.409 e. The summed E-state index contributed by atoms with van der Waals surface area (Å²) >= 11 is 6.15. The molecule has 4 aromatic heterocycles. The molecule has 0 aliphatic carbocycles. The van der Waals surface area contributed by atoms with Crippen molar-refractivity contribution in [2.24, 2.45) is 0 Å². The largest absolute Gasteiger partial charge is 0.450 e. The van der Waals surface area contributed by atoms with E-state index in [1.165, 1.54) is 33.6 Å². The number of carbonyl (C=O) groups is 1. The Morgan fingerprint density at radius 1 is 1.23 bits per heavy atom. The van der Waals surface area contributed by atoms with Crippen LogP contribution in [0.3, 0.4) is 0 Å². The molecular weight excluding hydrogens is 554 g/mol. The van der Waals surface area contributed by atoms with E-state index in [2.05, 4.69) is 20.9 Å². The zero-order valence-electron chi connectivity index (χ0n) is 18.8. The number of fused-ring (bicyclic) bond motifs is 2. The summed E-state index contributed by atoms with van der Waals surface area (Å²) in [5.41, 5.74) is 1.60. The predicted molar refractivity (Wildman–Crippen MR) is 139 cm³/mol. The highest BCUT2D eigenvalue weighted by Crippen LogP contribution is 2.30. The van der Waals surface area contributed by atoms with Crippen molar-refractivity contribution in [2.45, 2.75) is 36.7 Å². The van der Waals surface area contributed by atoms with Gasteiger partial charge >= 0.3 is 6.09 Å². The molecule has 1 aliphatic heterocycles. The number of ether oxygens (including phenoxy) is 1. The van der Waals surface area contributed by atoms with E-state index >= 15 is 0 Å². The molecule has 0 N–H and O–H groups in total. The number of halogens is 1. The van der Waals surface area contributed by atoms with Gasteiger partial charge in [-0.25, -0.2) is 14.8 Å². The molecular formula is C23H22BrN5O4S2. The van der Waals surface area contributed by atoms with Crippen LogP contribution in [-0.4, -0.2) is 49.6 Å². The van der Waals surface area contributed by atoms with Gasteiger partial charge in [0.2, 0.25) is 0 Å². The predicted octanol–water partition coefficient (Wildman–Crippen LogP) is 4.31. The molecule has 1 aliphatic rings.